The molecule has 27 heavy (non-hydrogen) atoms. The van der Waals surface area contributed by atoms with Crippen molar-refractivity contribution in [2.45, 2.75) is 13.8 Å². The second kappa shape index (κ2) is 7.36. The predicted octanol–water partition coefficient (Wildman–Crippen LogP) is 3.74. The van der Waals surface area contributed by atoms with Gasteiger partial charge in [-0.2, -0.15) is 0 Å². The molecule has 0 bridgehead atoms. The molecule has 138 valence electrons. The summed E-state index contributed by atoms with van der Waals surface area (Å²) in [6.07, 6.45) is 1.47. The van der Waals surface area contributed by atoms with Crippen LogP contribution < -0.4 is 15.0 Å². The predicted molar refractivity (Wildman–Crippen MR) is 106 cm³/mol. The molecule has 6 nitrogen and oxygen atoms in total. The first kappa shape index (κ1) is 18.8. The third-order valence-corrected chi connectivity index (χ3v) is 5.12. The Balaban J connectivity index is 2.01. The monoisotopic (exact) mass is 428 g/mol. The lowest BCUT2D eigenvalue weighted by molar-refractivity contribution is -0.122. The number of halogens is 1. The molecule has 2 aromatic rings. The largest absolute Gasteiger partial charge is 0.496 e. The van der Waals surface area contributed by atoms with Crippen LogP contribution in [0.2, 0.25) is 0 Å². The van der Waals surface area contributed by atoms with E-state index in [-0.39, 0.29) is 5.57 Å². The van der Waals surface area contributed by atoms with Crippen LogP contribution in [0.25, 0.3) is 6.08 Å². The summed E-state index contributed by atoms with van der Waals surface area (Å²) in [6.45, 7) is 3.71. The maximum atomic E-state index is 12.9. The number of nitrogens with one attached hydrogen (secondary N) is 1. The second-order valence-corrected chi connectivity index (χ2v) is 6.97. The first-order valence-corrected chi connectivity index (χ1v) is 8.93. The Morgan fingerprint density at radius 1 is 1.04 bits per heavy atom. The highest BCUT2D eigenvalue weighted by atomic mass is 79.9. The van der Waals surface area contributed by atoms with E-state index in [9.17, 15) is 14.4 Å². The Morgan fingerprint density at radius 2 is 1.78 bits per heavy atom. The van der Waals surface area contributed by atoms with Crippen LogP contribution in [0.3, 0.4) is 0 Å². The Kier molecular flexibility index (Phi) is 5.14. The number of ether oxygens (including phenoxy) is 1. The molecule has 1 aliphatic rings. The molecule has 0 saturated carbocycles. The zero-order valence-electron chi connectivity index (χ0n) is 15.0. The van der Waals surface area contributed by atoms with E-state index in [0.29, 0.717) is 17.0 Å². The van der Waals surface area contributed by atoms with Gasteiger partial charge in [-0.1, -0.05) is 22.0 Å². The number of hydrogen-bond acceptors (Lipinski definition) is 4. The average molecular weight is 429 g/mol. The van der Waals surface area contributed by atoms with E-state index in [2.05, 4.69) is 21.2 Å². The van der Waals surface area contributed by atoms with Crippen LogP contribution in [0.15, 0.2) is 46.4 Å². The summed E-state index contributed by atoms with van der Waals surface area (Å²) in [5.41, 5.74) is 2.67. The van der Waals surface area contributed by atoms with Gasteiger partial charge in [-0.05, 0) is 66.9 Å². The normalized spacial score (nSPS) is 15.9. The number of anilines is 1. The lowest BCUT2D eigenvalue weighted by atomic mass is 10.0. The number of urea groups is 1. The topological polar surface area (TPSA) is 75.7 Å². The molecule has 7 heteroatoms. The molecule has 1 N–H and O–H groups in total. The summed E-state index contributed by atoms with van der Waals surface area (Å²) in [4.78, 5) is 38.4. The molecule has 0 radical (unpaired) electrons. The van der Waals surface area contributed by atoms with Crippen molar-refractivity contribution < 1.29 is 19.1 Å². The van der Waals surface area contributed by atoms with Crippen molar-refractivity contribution in [2.24, 2.45) is 0 Å². The second-order valence-electron chi connectivity index (χ2n) is 6.12. The highest BCUT2D eigenvalue weighted by molar-refractivity contribution is 9.10. The zero-order valence-corrected chi connectivity index (χ0v) is 16.6. The molecule has 0 unspecified atom stereocenters. The Morgan fingerprint density at radius 3 is 2.41 bits per heavy atom. The standard InChI is InChI=1S/C20H17BrN2O4/c1-11-9-14(5-6-16(11)21)23-19(25)15(18(24)22-20(23)26)10-13-4-7-17(27-3)12(2)8-13/h4-10H,1-3H3,(H,22,24,26). The quantitative estimate of drug-likeness (QED) is 0.596. The van der Waals surface area contributed by atoms with Gasteiger partial charge in [0, 0.05) is 4.47 Å². The molecule has 1 saturated heterocycles. The molecule has 1 aliphatic heterocycles. The number of carbonyl (C=O) groups is 3. The number of amides is 4. The van der Waals surface area contributed by atoms with Gasteiger partial charge in [0.25, 0.3) is 11.8 Å². The van der Waals surface area contributed by atoms with E-state index < -0.39 is 17.8 Å². The van der Waals surface area contributed by atoms with Crippen molar-refractivity contribution in [2.75, 3.05) is 12.0 Å². The van der Waals surface area contributed by atoms with Gasteiger partial charge < -0.3 is 4.74 Å². The molecule has 0 aromatic heterocycles. The first-order chi connectivity index (χ1) is 12.8. The number of imide groups is 2. The van der Waals surface area contributed by atoms with Gasteiger partial charge in [0.1, 0.15) is 11.3 Å². The number of benzene rings is 2. The number of hydrogen-bond donors (Lipinski definition) is 1. The number of barbiturate groups is 1. The summed E-state index contributed by atoms with van der Waals surface area (Å²) in [5.74, 6) is -0.679. The van der Waals surface area contributed by atoms with Gasteiger partial charge in [0.15, 0.2) is 0 Å². The van der Waals surface area contributed by atoms with Crippen molar-refractivity contribution >= 4 is 45.5 Å². The summed E-state index contributed by atoms with van der Waals surface area (Å²) >= 11 is 3.39. The van der Waals surface area contributed by atoms with Gasteiger partial charge in [0.05, 0.1) is 12.8 Å². The van der Waals surface area contributed by atoms with Crippen LogP contribution in [-0.2, 0) is 9.59 Å². The minimum atomic E-state index is -0.769. The number of methoxy groups -OCH3 is 1. The van der Waals surface area contributed by atoms with E-state index in [4.69, 9.17) is 4.74 Å². The fourth-order valence-corrected chi connectivity index (χ4v) is 3.06. The number of nitrogens with zero attached hydrogens (tertiary/aromatic N) is 1. The fraction of sp³-hybridized carbons (Fsp3) is 0.150. The molecular weight excluding hydrogens is 412 g/mol. The van der Waals surface area contributed by atoms with Crippen LogP contribution in [0, 0.1) is 13.8 Å². The van der Waals surface area contributed by atoms with Crippen molar-refractivity contribution in [3.8, 4) is 5.75 Å². The summed E-state index contributed by atoms with van der Waals surface area (Å²) < 4.78 is 6.08. The molecule has 1 heterocycles. The van der Waals surface area contributed by atoms with Gasteiger partial charge in [-0.25, -0.2) is 9.69 Å². The molecule has 0 spiro atoms. The van der Waals surface area contributed by atoms with Crippen LogP contribution in [0.1, 0.15) is 16.7 Å². The van der Waals surface area contributed by atoms with E-state index in [1.165, 1.54) is 6.08 Å². The Bertz CT molecular complexity index is 997. The molecule has 4 amide bonds. The SMILES string of the molecule is COc1ccc(C=C2C(=O)NC(=O)N(c3ccc(Br)c(C)c3)C2=O)cc1C. The summed E-state index contributed by atoms with van der Waals surface area (Å²) in [7, 11) is 1.57. The maximum absolute atomic E-state index is 12.9. The molecule has 1 fully saturated rings. The average Bonchev–Trinajstić information content (AvgIpc) is 2.61. The van der Waals surface area contributed by atoms with Crippen LogP contribution in [0.5, 0.6) is 5.75 Å². The lowest BCUT2D eigenvalue weighted by Gasteiger charge is -2.26. The highest BCUT2D eigenvalue weighted by Gasteiger charge is 2.36. The van der Waals surface area contributed by atoms with E-state index in [1.807, 2.05) is 13.8 Å². The number of aryl methyl sites for hydroxylation is 2. The van der Waals surface area contributed by atoms with Crippen LogP contribution in [-0.4, -0.2) is 25.0 Å². The summed E-state index contributed by atoms with van der Waals surface area (Å²) in [6, 6.07) is 9.62. The zero-order chi connectivity index (χ0) is 19.7. The van der Waals surface area contributed by atoms with Crippen LogP contribution in [0.4, 0.5) is 10.5 Å². The van der Waals surface area contributed by atoms with Gasteiger partial charge in [-0.15, -0.1) is 0 Å². The minimum Gasteiger partial charge on any atom is -0.496 e. The van der Waals surface area contributed by atoms with E-state index in [1.54, 1.807) is 43.5 Å². The third kappa shape index (κ3) is 3.64. The van der Waals surface area contributed by atoms with E-state index >= 15 is 0 Å². The minimum absolute atomic E-state index is 0.111. The lowest BCUT2D eigenvalue weighted by Crippen LogP contribution is -2.54. The van der Waals surface area contributed by atoms with Gasteiger partial charge in [0.2, 0.25) is 0 Å². The number of rotatable bonds is 3. The van der Waals surface area contributed by atoms with Gasteiger partial charge >= 0.3 is 6.03 Å². The molecule has 0 atom stereocenters. The van der Waals surface area contributed by atoms with Crippen molar-refractivity contribution in [1.29, 1.82) is 0 Å². The smallest absolute Gasteiger partial charge is 0.335 e. The first-order valence-electron chi connectivity index (χ1n) is 8.14. The summed E-state index contributed by atoms with van der Waals surface area (Å²) in [5, 5.41) is 2.22. The Labute approximate surface area is 164 Å². The maximum Gasteiger partial charge on any atom is 0.335 e. The molecular formula is C20H17BrN2O4. The van der Waals surface area contributed by atoms with Crippen LogP contribution >= 0.6 is 15.9 Å². The van der Waals surface area contributed by atoms with Crippen molar-refractivity contribution in [1.82, 2.24) is 5.32 Å². The third-order valence-electron chi connectivity index (χ3n) is 4.23. The molecule has 2 aromatic carbocycles. The number of carbonyl (C=O) groups excluding carboxylic acids is 3. The Hall–Kier alpha value is -2.93. The highest BCUT2D eigenvalue weighted by Crippen LogP contribution is 2.27. The van der Waals surface area contributed by atoms with Crippen molar-refractivity contribution in [3.05, 3.63) is 63.1 Å². The molecule has 3 rings (SSSR count). The fourth-order valence-electron chi connectivity index (χ4n) is 2.82. The van der Waals surface area contributed by atoms with Crippen molar-refractivity contribution in [3.63, 3.8) is 0 Å². The van der Waals surface area contributed by atoms with E-state index in [0.717, 1.165) is 20.5 Å². The van der Waals surface area contributed by atoms with Gasteiger partial charge in [-0.3, -0.25) is 14.9 Å². The molecule has 0 aliphatic carbocycles.